The van der Waals surface area contributed by atoms with E-state index >= 15 is 0 Å². The molecule has 108 valence electrons. The van der Waals surface area contributed by atoms with Crippen LogP contribution in [0.25, 0.3) is 0 Å². The molecular formula is C16H17N3O2. The summed E-state index contributed by atoms with van der Waals surface area (Å²) in [6, 6.07) is 17.3. The fourth-order valence-corrected chi connectivity index (χ4v) is 2.29. The molecule has 0 fully saturated rings. The number of carbonyl (C=O) groups is 2. The van der Waals surface area contributed by atoms with Crippen LogP contribution < -0.4 is 16.4 Å². The quantitative estimate of drug-likeness (QED) is 0.707. The van der Waals surface area contributed by atoms with Crippen LogP contribution in [0, 0.1) is 0 Å². The topological polar surface area (TPSA) is 84.2 Å². The predicted octanol–water partition coefficient (Wildman–Crippen LogP) is 1.88. The first-order valence-electron chi connectivity index (χ1n) is 6.58. The van der Waals surface area contributed by atoms with Gasteiger partial charge in [-0.25, -0.2) is 4.79 Å². The molecule has 2 rings (SSSR count). The Hall–Kier alpha value is -2.82. The first-order chi connectivity index (χ1) is 10.2. The largest absolute Gasteiger partial charge is 0.352 e. The molecule has 0 heterocycles. The Bertz CT molecular complexity index is 587. The van der Waals surface area contributed by atoms with Crippen molar-refractivity contribution in [3.05, 3.63) is 71.8 Å². The molecular weight excluding hydrogens is 266 g/mol. The van der Waals surface area contributed by atoms with E-state index in [0.29, 0.717) is 6.41 Å². The van der Waals surface area contributed by atoms with Crippen LogP contribution in [-0.2, 0) is 4.79 Å². The Morgan fingerprint density at radius 1 is 0.905 bits per heavy atom. The molecule has 0 saturated carbocycles. The lowest BCUT2D eigenvalue weighted by molar-refractivity contribution is -0.110. The molecule has 0 saturated heterocycles. The predicted molar refractivity (Wildman–Crippen MR) is 80.3 cm³/mol. The van der Waals surface area contributed by atoms with E-state index in [1.54, 1.807) is 0 Å². The summed E-state index contributed by atoms with van der Waals surface area (Å²) in [7, 11) is 0. The minimum atomic E-state index is -0.641. The van der Waals surface area contributed by atoms with Crippen molar-refractivity contribution in [1.82, 2.24) is 10.6 Å². The third kappa shape index (κ3) is 3.82. The zero-order valence-corrected chi connectivity index (χ0v) is 11.4. The van der Waals surface area contributed by atoms with Crippen molar-refractivity contribution in [3.8, 4) is 0 Å². The fourth-order valence-electron chi connectivity index (χ4n) is 2.29. The molecule has 0 aliphatic heterocycles. The number of primary amides is 1. The van der Waals surface area contributed by atoms with Crippen LogP contribution in [0.1, 0.15) is 23.2 Å². The number of nitrogens with one attached hydrogen (secondary N) is 2. The second-order valence-electron chi connectivity index (χ2n) is 4.57. The SMILES string of the molecule is NC(=O)NC(c1ccccc1)C(NC=O)c1ccccc1. The fraction of sp³-hybridized carbons (Fsp3) is 0.125. The van der Waals surface area contributed by atoms with Crippen LogP contribution in [0.3, 0.4) is 0 Å². The Morgan fingerprint density at radius 3 is 1.81 bits per heavy atom. The monoisotopic (exact) mass is 283 g/mol. The highest BCUT2D eigenvalue weighted by Crippen LogP contribution is 2.28. The molecule has 0 spiro atoms. The van der Waals surface area contributed by atoms with E-state index in [1.165, 1.54) is 0 Å². The van der Waals surface area contributed by atoms with Gasteiger partial charge in [-0.05, 0) is 11.1 Å². The second-order valence-corrected chi connectivity index (χ2v) is 4.57. The molecule has 0 bridgehead atoms. The summed E-state index contributed by atoms with van der Waals surface area (Å²) in [5, 5.41) is 5.45. The van der Waals surface area contributed by atoms with Gasteiger partial charge < -0.3 is 16.4 Å². The van der Waals surface area contributed by atoms with E-state index < -0.39 is 18.1 Å². The van der Waals surface area contributed by atoms with Crippen LogP contribution in [0.15, 0.2) is 60.7 Å². The van der Waals surface area contributed by atoms with Gasteiger partial charge in [0.25, 0.3) is 0 Å². The molecule has 21 heavy (non-hydrogen) atoms. The van der Waals surface area contributed by atoms with Crippen LogP contribution >= 0.6 is 0 Å². The number of carbonyl (C=O) groups excluding carboxylic acids is 2. The summed E-state index contributed by atoms with van der Waals surface area (Å²) < 4.78 is 0. The number of rotatable bonds is 6. The van der Waals surface area contributed by atoms with Gasteiger partial charge in [-0.1, -0.05) is 60.7 Å². The summed E-state index contributed by atoms with van der Waals surface area (Å²) in [6.07, 6.45) is 0.621. The average Bonchev–Trinajstić information content (AvgIpc) is 2.52. The van der Waals surface area contributed by atoms with Crippen molar-refractivity contribution in [2.24, 2.45) is 5.73 Å². The molecule has 0 aliphatic carbocycles. The van der Waals surface area contributed by atoms with Crippen molar-refractivity contribution in [1.29, 1.82) is 0 Å². The second kappa shape index (κ2) is 7.09. The van der Waals surface area contributed by atoms with Gasteiger partial charge in [0.15, 0.2) is 0 Å². The van der Waals surface area contributed by atoms with Crippen LogP contribution in [0.4, 0.5) is 4.79 Å². The first-order valence-corrected chi connectivity index (χ1v) is 6.58. The highest BCUT2D eigenvalue weighted by molar-refractivity contribution is 5.72. The van der Waals surface area contributed by atoms with Gasteiger partial charge in [0.1, 0.15) is 0 Å². The number of amides is 3. The molecule has 3 amide bonds. The number of benzene rings is 2. The maximum atomic E-state index is 11.3. The lowest BCUT2D eigenvalue weighted by Crippen LogP contribution is -2.40. The van der Waals surface area contributed by atoms with Gasteiger partial charge in [0.2, 0.25) is 6.41 Å². The Kier molecular flexibility index (Phi) is 4.93. The van der Waals surface area contributed by atoms with Gasteiger partial charge in [0.05, 0.1) is 12.1 Å². The van der Waals surface area contributed by atoms with Gasteiger partial charge in [-0.15, -0.1) is 0 Å². The van der Waals surface area contributed by atoms with E-state index in [1.807, 2.05) is 60.7 Å². The first kappa shape index (κ1) is 14.6. The minimum Gasteiger partial charge on any atom is -0.352 e. The third-order valence-corrected chi connectivity index (χ3v) is 3.20. The Labute approximate surface area is 123 Å². The minimum absolute atomic E-state index is 0.404. The molecule has 5 nitrogen and oxygen atoms in total. The van der Waals surface area contributed by atoms with E-state index in [-0.39, 0.29) is 0 Å². The number of hydrogen-bond donors (Lipinski definition) is 3. The Morgan fingerprint density at radius 2 is 1.38 bits per heavy atom. The van der Waals surface area contributed by atoms with E-state index in [4.69, 9.17) is 5.73 Å². The van der Waals surface area contributed by atoms with Crippen molar-refractivity contribution >= 4 is 12.4 Å². The van der Waals surface area contributed by atoms with Gasteiger partial charge in [0, 0.05) is 0 Å². The average molecular weight is 283 g/mol. The molecule has 2 atom stereocenters. The van der Waals surface area contributed by atoms with Crippen molar-refractivity contribution in [2.45, 2.75) is 12.1 Å². The van der Waals surface area contributed by atoms with E-state index in [2.05, 4.69) is 10.6 Å². The zero-order valence-electron chi connectivity index (χ0n) is 11.4. The van der Waals surface area contributed by atoms with Crippen molar-refractivity contribution in [2.75, 3.05) is 0 Å². The number of nitrogens with two attached hydrogens (primary N) is 1. The molecule has 2 unspecified atom stereocenters. The van der Waals surface area contributed by atoms with Crippen molar-refractivity contribution in [3.63, 3.8) is 0 Å². The molecule has 0 aliphatic rings. The highest BCUT2D eigenvalue weighted by Gasteiger charge is 2.25. The standard InChI is InChI=1S/C16H17N3O2/c17-16(21)19-15(13-9-5-2-6-10-13)14(18-11-20)12-7-3-1-4-8-12/h1-11,14-15H,(H,18,20)(H3,17,19,21). The molecule has 0 aromatic heterocycles. The third-order valence-electron chi connectivity index (χ3n) is 3.20. The number of urea groups is 1. The van der Waals surface area contributed by atoms with Crippen LogP contribution in [0.5, 0.6) is 0 Å². The highest BCUT2D eigenvalue weighted by atomic mass is 16.2. The van der Waals surface area contributed by atoms with E-state index in [9.17, 15) is 9.59 Å². The summed E-state index contributed by atoms with van der Waals surface area (Å²) in [5.74, 6) is 0. The molecule has 2 aromatic carbocycles. The lowest BCUT2D eigenvalue weighted by atomic mass is 9.93. The molecule has 4 N–H and O–H groups in total. The zero-order chi connectivity index (χ0) is 15.1. The van der Waals surface area contributed by atoms with E-state index in [0.717, 1.165) is 11.1 Å². The lowest BCUT2D eigenvalue weighted by Gasteiger charge is -2.28. The molecule has 5 heteroatoms. The number of hydrogen-bond acceptors (Lipinski definition) is 2. The van der Waals surface area contributed by atoms with Gasteiger partial charge >= 0.3 is 6.03 Å². The van der Waals surface area contributed by atoms with Gasteiger partial charge in [-0.3, -0.25) is 4.79 Å². The molecule has 2 aromatic rings. The van der Waals surface area contributed by atoms with Crippen molar-refractivity contribution < 1.29 is 9.59 Å². The smallest absolute Gasteiger partial charge is 0.312 e. The maximum absolute atomic E-state index is 11.3. The Balaban J connectivity index is 2.40. The molecule has 0 radical (unpaired) electrons. The van der Waals surface area contributed by atoms with Crippen LogP contribution in [0.2, 0.25) is 0 Å². The normalized spacial score (nSPS) is 13.0. The van der Waals surface area contributed by atoms with Crippen LogP contribution in [-0.4, -0.2) is 12.4 Å². The summed E-state index contributed by atoms with van der Waals surface area (Å²) in [4.78, 5) is 22.3. The summed E-state index contributed by atoms with van der Waals surface area (Å²) >= 11 is 0. The maximum Gasteiger partial charge on any atom is 0.312 e. The van der Waals surface area contributed by atoms with Gasteiger partial charge in [-0.2, -0.15) is 0 Å². The summed E-state index contributed by atoms with van der Waals surface area (Å²) in [6.45, 7) is 0. The summed E-state index contributed by atoms with van der Waals surface area (Å²) in [5.41, 5.74) is 7.02.